The summed E-state index contributed by atoms with van der Waals surface area (Å²) in [6.45, 7) is 2.84. The van der Waals surface area contributed by atoms with Gasteiger partial charge in [0.2, 0.25) is 0 Å². The Kier molecular flexibility index (Phi) is 3.70. The standard InChI is InChI=1S/C17H15N3O2/c1-2-19-16-10-6-4-8-14(16)18-17(19)12-11-13-7-3-5-9-15(13)20(21)22/h3-12H,2H2,1H3/b12-11+. The third kappa shape index (κ3) is 2.48. The van der Waals surface area contributed by atoms with E-state index in [0.717, 1.165) is 23.4 Å². The quantitative estimate of drug-likeness (QED) is 0.536. The molecule has 0 bridgehead atoms. The van der Waals surface area contributed by atoms with E-state index in [9.17, 15) is 10.1 Å². The summed E-state index contributed by atoms with van der Waals surface area (Å²) in [5.74, 6) is 0.793. The Bertz CT molecular complexity index is 865. The van der Waals surface area contributed by atoms with Crippen molar-refractivity contribution in [1.29, 1.82) is 0 Å². The predicted octanol–water partition coefficient (Wildman–Crippen LogP) is 4.13. The van der Waals surface area contributed by atoms with Crippen LogP contribution < -0.4 is 0 Å². The Hall–Kier alpha value is -2.95. The number of aryl methyl sites for hydroxylation is 1. The highest BCUT2D eigenvalue weighted by atomic mass is 16.6. The summed E-state index contributed by atoms with van der Waals surface area (Å²) < 4.78 is 2.08. The molecule has 0 radical (unpaired) electrons. The zero-order valence-corrected chi connectivity index (χ0v) is 12.1. The Morgan fingerprint density at radius 2 is 1.86 bits per heavy atom. The van der Waals surface area contributed by atoms with Crippen LogP contribution in [-0.2, 0) is 6.54 Å². The number of benzene rings is 2. The molecule has 0 N–H and O–H groups in total. The molecule has 2 aromatic carbocycles. The molecule has 3 rings (SSSR count). The van der Waals surface area contributed by atoms with Gasteiger partial charge in [-0.3, -0.25) is 10.1 Å². The van der Waals surface area contributed by atoms with Gasteiger partial charge in [-0.15, -0.1) is 0 Å². The SMILES string of the molecule is CCn1c(/C=C/c2ccccc2[N+](=O)[O-])nc2ccccc21. The molecule has 0 saturated carbocycles. The fourth-order valence-electron chi connectivity index (χ4n) is 2.51. The molecule has 0 fully saturated rings. The summed E-state index contributed by atoms with van der Waals surface area (Å²) in [4.78, 5) is 15.3. The van der Waals surface area contributed by atoms with Crippen LogP contribution in [0.4, 0.5) is 5.69 Å². The minimum atomic E-state index is -0.373. The fourth-order valence-corrected chi connectivity index (χ4v) is 2.51. The number of imidazole rings is 1. The second-order valence-corrected chi connectivity index (χ2v) is 4.85. The number of nitrogens with zero attached hydrogens (tertiary/aromatic N) is 3. The van der Waals surface area contributed by atoms with Crippen molar-refractivity contribution in [1.82, 2.24) is 9.55 Å². The van der Waals surface area contributed by atoms with Gasteiger partial charge in [0.1, 0.15) is 5.82 Å². The normalized spacial score (nSPS) is 11.3. The Morgan fingerprint density at radius 3 is 2.64 bits per heavy atom. The summed E-state index contributed by atoms with van der Waals surface area (Å²) in [6, 6.07) is 14.6. The molecule has 110 valence electrons. The van der Waals surface area contributed by atoms with Crippen molar-refractivity contribution >= 4 is 28.9 Å². The molecule has 3 aromatic rings. The van der Waals surface area contributed by atoms with Crippen LogP contribution in [0.2, 0.25) is 0 Å². The van der Waals surface area contributed by atoms with Crippen molar-refractivity contribution in [3.05, 3.63) is 70.0 Å². The van der Waals surface area contributed by atoms with Crippen LogP contribution in [0.15, 0.2) is 48.5 Å². The van der Waals surface area contributed by atoms with Gasteiger partial charge in [-0.2, -0.15) is 0 Å². The number of nitro benzene ring substituents is 1. The highest BCUT2D eigenvalue weighted by Gasteiger charge is 2.10. The highest BCUT2D eigenvalue weighted by Crippen LogP contribution is 2.22. The lowest BCUT2D eigenvalue weighted by Crippen LogP contribution is -1.96. The third-order valence-electron chi connectivity index (χ3n) is 3.55. The van der Waals surface area contributed by atoms with E-state index in [-0.39, 0.29) is 10.6 Å². The monoisotopic (exact) mass is 293 g/mol. The molecule has 1 heterocycles. The molecular weight excluding hydrogens is 278 g/mol. The van der Waals surface area contributed by atoms with Crippen molar-refractivity contribution in [2.75, 3.05) is 0 Å². The van der Waals surface area contributed by atoms with Gasteiger partial charge < -0.3 is 4.57 Å². The van der Waals surface area contributed by atoms with Crippen molar-refractivity contribution in [3.63, 3.8) is 0 Å². The fraction of sp³-hybridized carbons (Fsp3) is 0.118. The van der Waals surface area contributed by atoms with Crippen molar-refractivity contribution in [3.8, 4) is 0 Å². The van der Waals surface area contributed by atoms with Crippen LogP contribution in [0.1, 0.15) is 18.3 Å². The minimum absolute atomic E-state index is 0.0953. The van der Waals surface area contributed by atoms with Crippen LogP contribution in [0.3, 0.4) is 0 Å². The third-order valence-corrected chi connectivity index (χ3v) is 3.55. The average molecular weight is 293 g/mol. The van der Waals surface area contributed by atoms with Gasteiger partial charge in [0, 0.05) is 12.6 Å². The first-order valence-electron chi connectivity index (χ1n) is 7.07. The summed E-state index contributed by atoms with van der Waals surface area (Å²) in [5.41, 5.74) is 2.65. The Balaban J connectivity index is 2.05. The second-order valence-electron chi connectivity index (χ2n) is 4.85. The van der Waals surface area contributed by atoms with E-state index in [1.165, 1.54) is 6.07 Å². The lowest BCUT2D eigenvalue weighted by atomic mass is 10.1. The topological polar surface area (TPSA) is 61.0 Å². The molecule has 5 nitrogen and oxygen atoms in total. The predicted molar refractivity (Wildman–Crippen MR) is 87.4 cm³/mol. The number of aromatic nitrogens is 2. The van der Waals surface area contributed by atoms with Gasteiger partial charge in [-0.1, -0.05) is 24.3 Å². The second kappa shape index (κ2) is 5.81. The smallest absolute Gasteiger partial charge is 0.276 e. The van der Waals surface area contributed by atoms with Gasteiger partial charge in [-0.05, 0) is 37.3 Å². The average Bonchev–Trinajstić information content (AvgIpc) is 2.90. The van der Waals surface area contributed by atoms with E-state index in [0.29, 0.717) is 5.56 Å². The summed E-state index contributed by atoms with van der Waals surface area (Å²) >= 11 is 0. The summed E-state index contributed by atoms with van der Waals surface area (Å²) in [7, 11) is 0. The molecule has 0 atom stereocenters. The first-order valence-corrected chi connectivity index (χ1v) is 7.07. The van der Waals surface area contributed by atoms with Gasteiger partial charge in [0.25, 0.3) is 5.69 Å². The molecule has 1 aromatic heterocycles. The molecule has 0 aliphatic rings. The minimum Gasteiger partial charge on any atom is -0.325 e. The van der Waals surface area contributed by atoms with Crippen LogP contribution in [0, 0.1) is 10.1 Å². The van der Waals surface area contributed by atoms with Crippen LogP contribution in [0.5, 0.6) is 0 Å². The number of fused-ring (bicyclic) bond motifs is 1. The molecule has 0 spiro atoms. The zero-order valence-electron chi connectivity index (χ0n) is 12.1. The van der Waals surface area contributed by atoms with Gasteiger partial charge in [0.15, 0.2) is 0 Å². The summed E-state index contributed by atoms with van der Waals surface area (Å²) in [6.07, 6.45) is 3.57. The summed E-state index contributed by atoms with van der Waals surface area (Å²) in [5, 5.41) is 11.0. The first kappa shape index (κ1) is 14.0. The molecule has 22 heavy (non-hydrogen) atoms. The van der Waals surface area contributed by atoms with Crippen molar-refractivity contribution in [2.24, 2.45) is 0 Å². The molecule has 0 saturated heterocycles. The number of hydrogen-bond acceptors (Lipinski definition) is 3. The van der Waals surface area contributed by atoms with E-state index in [2.05, 4.69) is 16.5 Å². The highest BCUT2D eigenvalue weighted by molar-refractivity contribution is 5.80. The number of nitro groups is 1. The van der Waals surface area contributed by atoms with Gasteiger partial charge >= 0.3 is 0 Å². The van der Waals surface area contributed by atoms with E-state index in [4.69, 9.17) is 0 Å². The number of hydrogen-bond donors (Lipinski definition) is 0. The molecular formula is C17H15N3O2. The van der Waals surface area contributed by atoms with Gasteiger partial charge in [0.05, 0.1) is 21.5 Å². The van der Waals surface area contributed by atoms with Crippen LogP contribution >= 0.6 is 0 Å². The zero-order chi connectivity index (χ0) is 15.5. The maximum Gasteiger partial charge on any atom is 0.276 e. The molecule has 0 aliphatic heterocycles. The lowest BCUT2D eigenvalue weighted by Gasteiger charge is -2.02. The molecule has 5 heteroatoms. The number of para-hydroxylation sites is 3. The number of rotatable bonds is 4. The van der Waals surface area contributed by atoms with Crippen molar-refractivity contribution < 1.29 is 4.92 Å². The maximum atomic E-state index is 11.0. The van der Waals surface area contributed by atoms with Crippen LogP contribution in [-0.4, -0.2) is 14.5 Å². The Morgan fingerprint density at radius 1 is 1.14 bits per heavy atom. The Labute approximate surface area is 127 Å². The van der Waals surface area contributed by atoms with Crippen LogP contribution in [0.25, 0.3) is 23.2 Å². The molecule has 0 aliphatic carbocycles. The van der Waals surface area contributed by atoms with E-state index >= 15 is 0 Å². The van der Waals surface area contributed by atoms with Crippen molar-refractivity contribution in [2.45, 2.75) is 13.5 Å². The molecule has 0 amide bonds. The van der Waals surface area contributed by atoms with E-state index in [1.54, 1.807) is 24.3 Å². The molecule has 0 unspecified atom stereocenters. The van der Waals surface area contributed by atoms with E-state index in [1.807, 2.05) is 30.3 Å². The first-order chi connectivity index (χ1) is 10.7. The lowest BCUT2D eigenvalue weighted by molar-refractivity contribution is -0.385. The maximum absolute atomic E-state index is 11.0. The largest absolute Gasteiger partial charge is 0.325 e. The van der Waals surface area contributed by atoms with E-state index < -0.39 is 0 Å². The van der Waals surface area contributed by atoms with Gasteiger partial charge in [-0.25, -0.2) is 4.98 Å².